The number of aromatic amines is 1. The number of phenolic OH excluding ortho intramolecular Hbond substituents is 1. The lowest BCUT2D eigenvalue weighted by Crippen LogP contribution is -2.55. The number of fused-ring (bicyclic) bond motifs is 1. The number of hydrogen-bond acceptors (Lipinski definition) is 5. The molecule has 32 heavy (non-hydrogen) atoms. The molecule has 1 heterocycles. The highest BCUT2D eigenvalue weighted by atomic mass is 16.4. The third kappa shape index (κ3) is 5.64. The van der Waals surface area contributed by atoms with Gasteiger partial charge in [0.05, 0.1) is 6.04 Å². The lowest BCUT2D eigenvalue weighted by Gasteiger charge is -2.22. The maximum absolute atomic E-state index is 13.0. The maximum Gasteiger partial charge on any atom is 0.326 e. The van der Waals surface area contributed by atoms with Gasteiger partial charge in [0.25, 0.3) is 0 Å². The molecule has 0 fully saturated rings. The van der Waals surface area contributed by atoms with Crippen molar-refractivity contribution in [2.45, 2.75) is 37.9 Å². The van der Waals surface area contributed by atoms with Gasteiger partial charge >= 0.3 is 5.97 Å². The number of nitrogens with two attached hydrogens (primary N) is 1. The Hall–Kier alpha value is -3.85. The number of amides is 2. The number of aromatic nitrogens is 1. The molecule has 0 saturated carbocycles. The third-order valence-corrected chi connectivity index (χ3v) is 5.14. The van der Waals surface area contributed by atoms with Crippen LogP contribution in [0.1, 0.15) is 18.1 Å². The number of para-hydroxylation sites is 1. The summed E-state index contributed by atoms with van der Waals surface area (Å²) in [7, 11) is 0. The van der Waals surface area contributed by atoms with Crippen LogP contribution in [0.15, 0.2) is 54.7 Å². The fourth-order valence-electron chi connectivity index (χ4n) is 3.37. The Kier molecular flexibility index (Phi) is 7.11. The number of benzene rings is 2. The molecule has 9 nitrogen and oxygen atoms in total. The molecule has 2 amide bonds. The molecule has 3 unspecified atom stereocenters. The predicted octanol–water partition coefficient (Wildman–Crippen LogP) is 1.06. The van der Waals surface area contributed by atoms with Crippen LogP contribution >= 0.6 is 0 Å². The van der Waals surface area contributed by atoms with Crippen molar-refractivity contribution >= 4 is 28.7 Å². The summed E-state index contributed by atoms with van der Waals surface area (Å²) >= 11 is 0. The number of nitrogens with one attached hydrogen (secondary N) is 3. The second-order valence-corrected chi connectivity index (χ2v) is 7.68. The zero-order chi connectivity index (χ0) is 23.3. The van der Waals surface area contributed by atoms with Crippen LogP contribution in [0.3, 0.4) is 0 Å². The van der Waals surface area contributed by atoms with E-state index in [1.165, 1.54) is 19.1 Å². The summed E-state index contributed by atoms with van der Waals surface area (Å²) in [4.78, 5) is 40.1. The molecule has 3 atom stereocenters. The van der Waals surface area contributed by atoms with E-state index in [0.717, 1.165) is 16.5 Å². The van der Waals surface area contributed by atoms with Crippen LogP contribution in [-0.2, 0) is 27.2 Å². The van der Waals surface area contributed by atoms with E-state index in [1.807, 2.05) is 24.3 Å². The van der Waals surface area contributed by atoms with Gasteiger partial charge in [-0.15, -0.1) is 0 Å². The summed E-state index contributed by atoms with van der Waals surface area (Å²) in [6.07, 6.45) is 1.89. The Morgan fingerprint density at radius 2 is 1.62 bits per heavy atom. The summed E-state index contributed by atoms with van der Waals surface area (Å²) in [6, 6.07) is 10.6. The first kappa shape index (κ1) is 22.8. The van der Waals surface area contributed by atoms with Crippen molar-refractivity contribution in [2.75, 3.05) is 0 Å². The number of aliphatic carboxylic acids is 1. The van der Waals surface area contributed by atoms with Gasteiger partial charge in [-0.2, -0.15) is 0 Å². The molecule has 0 aliphatic heterocycles. The lowest BCUT2D eigenvalue weighted by molar-refractivity contribution is -0.142. The van der Waals surface area contributed by atoms with E-state index in [2.05, 4.69) is 15.6 Å². The summed E-state index contributed by atoms with van der Waals surface area (Å²) in [6.45, 7) is 1.49. The normalized spacial score (nSPS) is 13.8. The fraction of sp³-hybridized carbons (Fsp3) is 0.261. The Bertz CT molecular complexity index is 1110. The summed E-state index contributed by atoms with van der Waals surface area (Å²) < 4.78 is 0. The van der Waals surface area contributed by atoms with E-state index < -0.39 is 35.9 Å². The Morgan fingerprint density at radius 1 is 0.969 bits per heavy atom. The van der Waals surface area contributed by atoms with Gasteiger partial charge in [-0.1, -0.05) is 30.3 Å². The van der Waals surface area contributed by atoms with Crippen LogP contribution in [0.4, 0.5) is 0 Å². The molecular formula is C23H26N4O5. The summed E-state index contributed by atoms with van der Waals surface area (Å²) in [5.41, 5.74) is 7.91. The van der Waals surface area contributed by atoms with Gasteiger partial charge in [0.15, 0.2) is 0 Å². The first-order valence-corrected chi connectivity index (χ1v) is 10.2. The van der Waals surface area contributed by atoms with Gasteiger partial charge in [-0.25, -0.2) is 4.79 Å². The second-order valence-electron chi connectivity index (χ2n) is 7.68. The number of phenols is 1. The van der Waals surface area contributed by atoms with E-state index in [1.54, 1.807) is 18.3 Å². The van der Waals surface area contributed by atoms with Crippen molar-refractivity contribution in [2.24, 2.45) is 5.73 Å². The quantitative estimate of drug-likeness (QED) is 0.293. The molecule has 1 aromatic heterocycles. The van der Waals surface area contributed by atoms with Crippen LogP contribution < -0.4 is 16.4 Å². The van der Waals surface area contributed by atoms with Gasteiger partial charge in [-0.3, -0.25) is 9.59 Å². The van der Waals surface area contributed by atoms with Gasteiger partial charge in [0.2, 0.25) is 11.8 Å². The number of carboxylic acid groups (broad SMARTS) is 1. The molecule has 0 aliphatic rings. The number of carboxylic acids is 1. The lowest BCUT2D eigenvalue weighted by atomic mass is 10.0. The minimum atomic E-state index is -1.20. The average molecular weight is 438 g/mol. The van der Waals surface area contributed by atoms with Crippen LogP contribution in [0.2, 0.25) is 0 Å². The minimum absolute atomic E-state index is 0.0677. The van der Waals surface area contributed by atoms with Crippen molar-refractivity contribution in [3.8, 4) is 5.75 Å². The highest BCUT2D eigenvalue weighted by Crippen LogP contribution is 2.19. The smallest absolute Gasteiger partial charge is 0.326 e. The third-order valence-electron chi connectivity index (χ3n) is 5.14. The van der Waals surface area contributed by atoms with Gasteiger partial charge in [-0.05, 0) is 36.2 Å². The molecule has 7 N–H and O–H groups in total. The van der Waals surface area contributed by atoms with Crippen molar-refractivity contribution in [1.29, 1.82) is 0 Å². The van der Waals surface area contributed by atoms with Gasteiger partial charge in [0, 0.05) is 29.9 Å². The number of aromatic hydroxyl groups is 1. The SMILES string of the molecule is CC(N)C(=O)NC(Cc1ccc(O)cc1)C(=O)NC(Cc1c[nH]c2ccccc12)C(=O)O. The zero-order valence-corrected chi connectivity index (χ0v) is 17.5. The van der Waals surface area contributed by atoms with Gasteiger partial charge < -0.3 is 31.6 Å². The van der Waals surface area contributed by atoms with Crippen LogP contribution in [0.5, 0.6) is 5.75 Å². The molecule has 0 radical (unpaired) electrons. The molecule has 3 rings (SSSR count). The van der Waals surface area contributed by atoms with E-state index >= 15 is 0 Å². The maximum atomic E-state index is 13.0. The Balaban J connectivity index is 1.78. The van der Waals surface area contributed by atoms with Crippen molar-refractivity contribution in [3.63, 3.8) is 0 Å². The number of rotatable bonds is 9. The molecular weight excluding hydrogens is 412 g/mol. The van der Waals surface area contributed by atoms with Crippen molar-refractivity contribution in [3.05, 3.63) is 65.9 Å². The van der Waals surface area contributed by atoms with E-state index in [4.69, 9.17) is 5.73 Å². The minimum Gasteiger partial charge on any atom is -0.508 e. The number of H-pyrrole nitrogens is 1. The zero-order valence-electron chi connectivity index (χ0n) is 17.5. The largest absolute Gasteiger partial charge is 0.508 e. The number of carbonyl (C=O) groups excluding carboxylic acids is 2. The van der Waals surface area contributed by atoms with Crippen molar-refractivity contribution in [1.82, 2.24) is 15.6 Å². The number of carbonyl (C=O) groups is 3. The molecule has 9 heteroatoms. The van der Waals surface area contributed by atoms with Crippen molar-refractivity contribution < 1.29 is 24.6 Å². The average Bonchev–Trinajstić information content (AvgIpc) is 3.17. The molecule has 3 aromatic rings. The fourth-order valence-corrected chi connectivity index (χ4v) is 3.37. The van der Waals surface area contributed by atoms with E-state index in [9.17, 15) is 24.6 Å². The van der Waals surface area contributed by atoms with Crippen LogP contribution in [-0.4, -0.2) is 51.1 Å². The topological polar surface area (TPSA) is 158 Å². The summed E-state index contributed by atoms with van der Waals surface area (Å²) in [5, 5.41) is 25.2. The molecule has 0 saturated heterocycles. The van der Waals surface area contributed by atoms with E-state index in [-0.39, 0.29) is 18.6 Å². The summed E-state index contributed by atoms with van der Waals surface area (Å²) in [5.74, 6) is -2.30. The number of hydrogen-bond donors (Lipinski definition) is 6. The molecule has 0 aliphatic carbocycles. The standard InChI is InChI=1S/C23H26N4O5/c1-13(24)21(29)26-19(10-14-6-8-16(28)9-7-14)22(30)27-20(23(31)32)11-15-12-25-18-5-3-2-4-17(15)18/h2-9,12-13,19-20,25,28H,10-11,24H2,1H3,(H,26,29)(H,27,30)(H,31,32). The highest BCUT2D eigenvalue weighted by molar-refractivity contribution is 5.92. The highest BCUT2D eigenvalue weighted by Gasteiger charge is 2.28. The predicted molar refractivity (Wildman–Crippen MR) is 119 cm³/mol. The monoisotopic (exact) mass is 438 g/mol. The van der Waals surface area contributed by atoms with Crippen LogP contribution in [0.25, 0.3) is 10.9 Å². The first-order valence-electron chi connectivity index (χ1n) is 10.2. The molecule has 2 aromatic carbocycles. The first-order chi connectivity index (χ1) is 15.2. The van der Waals surface area contributed by atoms with Crippen LogP contribution in [0, 0.1) is 0 Å². The molecule has 0 spiro atoms. The Labute approximate surface area is 184 Å². The Morgan fingerprint density at radius 3 is 2.28 bits per heavy atom. The van der Waals surface area contributed by atoms with Gasteiger partial charge in [0.1, 0.15) is 17.8 Å². The molecule has 168 valence electrons. The second kappa shape index (κ2) is 9.97. The molecule has 0 bridgehead atoms. The van der Waals surface area contributed by atoms with E-state index in [0.29, 0.717) is 5.56 Å².